The van der Waals surface area contributed by atoms with Crippen LogP contribution in [0.5, 0.6) is 0 Å². The van der Waals surface area contributed by atoms with Crippen molar-refractivity contribution in [1.82, 2.24) is 9.97 Å². The Kier molecular flexibility index (Phi) is 3.41. The fourth-order valence-corrected chi connectivity index (χ4v) is 2.32. The van der Waals surface area contributed by atoms with Crippen molar-refractivity contribution in [2.45, 2.75) is 25.7 Å². The van der Waals surface area contributed by atoms with E-state index in [9.17, 15) is 0 Å². The third kappa shape index (κ3) is 2.23. The zero-order valence-electron chi connectivity index (χ0n) is 9.04. The highest BCUT2D eigenvalue weighted by Crippen LogP contribution is 2.26. The first-order chi connectivity index (χ1) is 7.33. The van der Waals surface area contributed by atoms with Crippen molar-refractivity contribution in [1.29, 1.82) is 0 Å². The summed E-state index contributed by atoms with van der Waals surface area (Å²) >= 11 is 5.74. The zero-order valence-corrected chi connectivity index (χ0v) is 9.80. The lowest BCUT2D eigenvalue weighted by Crippen LogP contribution is -2.24. The Hall–Kier alpha value is -0.830. The van der Waals surface area contributed by atoms with E-state index < -0.39 is 0 Å². The van der Waals surface area contributed by atoms with E-state index in [0.717, 1.165) is 25.2 Å². The Morgan fingerprint density at radius 2 is 2.13 bits per heavy atom. The maximum atomic E-state index is 5.74. The van der Waals surface area contributed by atoms with Crippen LogP contribution in [0.4, 0.5) is 5.82 Å². The molecule has 0 fully saturated rings. The fourth-order valence-electron chi connectivity index (χ4n) is 2.07. The molecule has 1 aliphatic carbocycles. The Morgan fingerprint density at radius 3 is 2.93 bits per heavy atom. The van der Waals surface area contributed by atoms with Crippen molar-refractivity contribution in [3.05, 3.63) is 17.6 Å². The van der Waals surface area contributed by atoms with Crippen LogP contribution >= 0.6 is 11.6 Å². The average molecular weight is 226 g/mol. The summed E-state index contributed by atoms with van der Waals surface area (Å²) < 4.78 is 0. The Labute approximate surface area is 95.5 Å². The lowest BCUT2D eigenvalue weighted by molar-refractivity contribution is 0.659. The minimum Gasteiger partial charge on any atom is -0.358 e. The smallest absolute Gasteiger partial charge is 0.135 e. The number of aryl methyl sites for hydroxylation is 1. The first kappa shape index (κ1) is 10.7. The van der Waals surface area contributed by atoms with Gasteiger partial charge in [0.1, 0.15) is 12.1 Å². The van der Waals surface area contributed by atoms with E-state index in [2.05, 4.69) is 14.9 Å². The number of rotatable bonds is 3. The molecule has 0 bridgehead atoms. The molecule has 1 aromatic rings. The van der Waals surface area contributed by atoms with Crippen molar-refractivity contribution in [3.63, 3.8) is 0 Å². The molecule has 0 aliphatic heterocycles. The summed E-state index contributed by atoms with van der Waals surface area (Å²) in [6.45, 7) is 0.838. The summed E-state index contributed by atoms with van der Waals surface area (Å²) in [5.41, 5.74) is 2.56. The van der Waals surface area contributed by atoms with Crippen molar-refractivity contribution >= 4 is 17.4 Å². The van der Waals surface area contributed by atoms with Gasteiger partial charge in [-0.2, -0.15) is 0 Å². The quantitative estimate of drug-likeness (QED) is 0.738. The van der Waals surface area contributed by atoms with Crippen LogP contribution in [-0.4, -0.2) is 29.4 Å². The molecule has 2 rings (SSSR count). The second-order valence-corrected chi connectivity index (χ2v) is 4.32. The molecule has 0 spiro atoms. The normalized spacial score (nSPS) is 14.8. The monoisotopic (exact) mass is 225 g/mol. The second kappa shape index (κ2) is 4.79. The minimum absolute atomic E-state index is 0.634. The van der Waals surface area contributed by atoms with E-state index in [1.165, 1.54) is 24.1 Å². The van der Waals surface area contributed by atoms with E-state index in [4.69, 9.17) is 11.6 Å². The summed E-state index contributed by atoms with van der Waals surface area (Å²) in [6, 6.07) is 0. The molecule has 0 radical (unpaired) electrons. The number of alkyl halides is 1. The average Bonchev–Trinajstić information content (AvgIpc) is 2.28. The molecule has 0 unspecified atom stereocenters. The molecule has 0 saturated heterocycles. The summed E-state index contributed by atoms with van der Waals surface area (Å²) in [6.07, 6.45) is 6.38. The number of aromatic nitrogens is 2. The van der Waals surface area contributed by atoms with Gasteiger partial charge in [0.2, 0.25) is 0 Å². The number of anilines is 1. The van der Waals surface area contributed by atoms with Crippen molar-refractivity contribution < 1.29 is 0 Å². The van der Waals surface area contributed by atoms with E-state index in [-0.39, 0.29) is 0 Å². The Balaban J connectivity index is 2.30. The van der Waals surface area contributed by atoms with Gasteiger partial charge in [0.05, 0.1) is 0 Å². The van der Waals surface area contributed by atoms with E-state index in [1.54, 1.807) is 6.33 Å². The molecule has 0 atom stereocenters. The summed E-state index contributed by atoms with van der Waals surface area (Å²) in [4.78, 5) is 10.8. The fraction of sp³-hybridized carbons (Fsp3) is 0.636. The van der Waals surface area contributed by atoms with Crippen LogP contribution in [0.3, 0.4) is 0 Å². The predicted molar refractivity (Wildman–Crippen MR) is 62.7 cm³/mol. The standard InChI is InChI=1S/C11H16ClN3/c1-15(7-6-12)11-9-4-2-3-5-10(9)13-8-14-11/h8H,2-7H2,1H3. The van der Waals surface area contributed by atoms with E-state index >= 15 is 0 Å². The van der Waals surface area contributed by atoms with Gasteiger partial charge in [-0.1, -0.05) is 0 Å². The molecule has 0 aromatic carbocycles. The highest BCUT2D eigenvalue weighted by atomic mass is 35.5. The van der Waals surface area contributed by atoms with Crippen LogP contribution in [0.2, 0.25) is 0 Å². The van der Waals surface area contributed by atoms with Gasteiger partial charge in [-0.05, 0) is 25.7 Å². The largest absolute Gasteiger partial charge is 0.358 e. The van der Waals surface area contributed by atoms with Crippen molar-refractivity contribution in [2.24, 2.45) is 0 Å². The SMILES string of the molecule is CN(CCCl)c1ncnc2c1CCCC2. The summed E-state index contributed by atoms with van der Waals surface area (Å²) in [7, 11) is 2.04. The molecule has 82 valence electrons. The number of fused-ring (bicyclic) bond motifs is 1. The van der Waals surface area contributed by atoms with Gasteiger partial charge < -0.3 is 4.90 Å². The first-order valence-corrected chi connectivity index (χ1v) is 5.96. The highest BCUT2D eigenvalue weighted by molar-refractivity contribution is 6.18. The number of hydrogen-bond acceptors (Lipinski definition) is 3. The van der Waals surface area contributed by atoms with Crippen LogP contribution < -0.4 is 4.90 Å². The topological polar surface area (TPSA) is 29.0 Å². The third-order valence-electron chi connectivity index (χ3n) is 2.88. The number of halogens is 1. The van der Waals surface area contributed by atoms with Gasteiger partial charge in [-0.15, -0.1) is 11.6 Å². The van der Waals surface area contributed by atoms with Crippen molar-refractivity contribution in [3.8, 4) is 0 Å². The molecule has 3 nitrogen and oxygen atoms in total. The number of nitrogens with zero attached hydrogens (tertiary/aromatic N) is 3. The molecule has 0 amide bonds. The molecule has 0 saturated carbocycles. The molecular weight excluding hydrogens is 210 g/mol. The molecule has 0 N–H and O–H groups in total. The van der Waals surface area contributed by atoms with E-state index in [1.807, 2.05) is 7.05 Å². The Bertz CT molecular complexity index is 341. The van der Waals surface area contributed by atoms with E-state index in [0.29, 0.717) is 5.88 Å². The summed E-state index contributed by atoms with van der Waals surface area (Å²) in [5, 5.41) is 0. The maximum absolute atomic E-state index is 5.74. The predicted octanol–water partition coefficient (Wildman–Crippen LogP) is 2.03. The van der Waals surface area contributed by atoms with Crippen LogP contribution in [0, 0.1) is 0 Å². The third-order valence-corrected chi connectivity index (χ3v) is 3.05. The van der Waals surface area contributed by atoms with Gasteiger partial charge >= 0.3 is 0 Å². The molecule has 15 heavy (non-hydrogen) atoms. The van der Waals surface area contributed by atoms with Gasteiger partial charge in [-0.25, -0.2) is 9.97 Å². The lowest BCUT2D eigenvalue weighted by Gasteiger charge is -2.23. The molecule has 1 heterocycles. The number of hydrogen-bond donors (Lipinski definition) is 0. The van der Waals surface area contributed by atoms with Crippen LogP contribution in [-0.2, 0) is 12.8 Å². The van der Waals surface area contributed by atoms with Gasteiger partial charge in [0.15, 0.2) is 0 Å². The zero-order chi connectivity index (χ0) is 10.7. The Morgan fingerprint density at radius 1 is 1.33 bits per heavy atom. The highest BCUT2D eigenvalue weighted by Gasteiger charge is 2.17. The molecule has 1 aliphatic rings. The minimum atomic E-state index is 0.634. The first-order valence-electron chi connectivity index (χ1n) is 5.43. The second-order valence-electron chi connectivity index (χ2n) is 3.94. The van der Waals surface area contributed by atoms with Gasteiger partial charge in [0.25, 0.3) is 0 Å². The maximum Gasteiger partial charge on any atom is 0.135 e. The van der Waals surface area contributed by atoms with Gasteiger partial charge in [-0.3, -0.25) is 0 Å². The molecular formula is C11H16ClN3. The van der Waals surface area contributed by atoms with Crippen LogP contribution in [0.25, 0.3) is 0 Å². The molecule has 1 aromatic heterocycles. The van der Waals surface area contributed by atoms with Crippen LogP contribution in [0.1, 0.15) is 24.1 Å². The van der Waals surface area contributed by atoms with Crippen LogP contribution in [0.15, 0.2) is 6.33 Å². The summed E-state index contributed by atoms with van der Waals surface area (Å²) in [5.74, 6) is 1.70. The lowest BCUT2D eigenvalue weighted by atomic mass is 9.96. The van der Waals surface area contributed by atoms with Gasteiger partial charge in [0, 0.05) is 30.7 Å². The van der Waals surface area contributed by atoms with Crippen molar-refractivity contribution in [2.75, 3.05) is 24.4 Å². The molecule has 4 heteroatoms.